The van der Waals surface area contributed by atoms with Crippen molar-refractivity contribution in [3.63, 3.8) is 0 Å². The number of nitrogens with zero attached hydrogens (tertiary/aromatic N) is 8. The molecule has 0 saturated heterocycles. The van der Waals surface area contributed by atoms with Gasteiger partial charge in [-0.15, -0.1) is 20.4 Å². The van der Waals surface area contributed by atoms with Crippen molar-refractivity contribution < 1.29 is 8.83 Å². The molecule has 0 saturated carbocycles. The minimum absolute atomic E-state index is 0.500. The number of pyridine rings is 1. The quantitative estimate of drug-likeness (QED) is 0.103. The molecular formula is C114H70N8O2. The zero-order valence-corrected chi connectivity index (χ0v) is 66.8. The van der Waals surface area contributed by atoms with Gasteiger partial charge in [-0.3, -0.25) is 4.98 Å². The van der Waals surface area contributed by atoms with Crippen molar-refractivity contribution >= 4 is 97.0 Å². The first-order chi connectivity index (χ1) is 61.4. The average Bonchev–Trinajstić information content (AvgIpc) is 0.741. The number of hydrogen-bond acceptors (Lipinski definition) is 10. The van der Waals surface area contributed by atoms with E-state index in [1.54, 1.807) is 0 Å². The lowest BCUT2D eigenvalue weighted by molar-refractivity contribution is 0.584. The summed E-state index contributed by atoms with van der Waals surface area (Å²) >= 11 is 0. The van der Waals surface area contributed by atoms with Crippen molar-refractivity contribution in [2.45, 2.75) is 0 Å². The molecule has 0 radical (unpaired) electrons. The highest BCUT2D eigenvalue weighted by Crippen LogP contribution is 2.47. The molecule has 21 aromatic carbocycles. The summed E-state index contributed by atoms with van der Waals surface area (Å²) in [5.41, 5.74) is 20.6. The highest BCUT2D eigenvalue weighted by Gasteiger charge is 2.22. The van der Waals surface area contributed by atoms with Gasteiger partial charge >= 0.3 is 0 Å². The zero-order valence-electron chi connectivity index (χ0n) is 66.8. The van der Waals surface area contributed by atoms with Crippen molar-refractivity contribution in [1.29, 1.82) is 0 Å². The molecular weight excluding hydrogens is 1510 g/mol. The number of benzene rings is 21. The minimum Gasteiger partial charge on any atom is -0.416 e. The Hall–Kier alpha value is -16.8. The van der Waals surface area contributed by atoms with Gasteiger partial charge in [0.05, 0.1) is 0 Å². The van der Waals surface area contributed by atoms with Gasteiger partial charge in [0.25, 0.3) is 0 Å². The summed E-state index contributed by atoms with van der Waals surface area (Å²) in [6, 6.07) is 144. The highest BCUT2D eigenvalue weighted by molar-refractivity contribution is 6.30. The van der Waals surface area contributed by atoms with E-state index in [1.165, 1.54) is 141 Å². The van der Waals surface area contributed by atoms with Gasteiger partial charge in [0.2, 0.25) is 23.6 Å². The van der Waals surface area contributed by atoms with Gasteiger partial charge in [-0.1, -0.05) is 334 Å². The first kappa shape index (κ1) is 72.4. The van der Waals surface area contributed by atoms with Crippen molar-refractivity contribution in [3.8, 4) is 147 Å². The Bertz CT molecular complexity index is 7980. The Morgan fingerprint density at radius 3 is 0.710 bits per heavy atom. The molecule has 578 valence electrons. The van der Waals surface area contributed by atoms with E-state index in [4.69, 9.17) is 23.8 Å². The van der Waals surface area contributed by atoms with Crippen LogP contribution in [0, 0.1) is 0 Å². The van der Waals surface area contributed by atoms with Crippen LogP contribution in [0.4, 0.5) is 0 Å². The third kappa shape index (κ3) is 13.3. The summed E-state index contributed by atoms with van der Waals surface area (Å²) in [7, 11) is 0. The molecule has 0 unspecified atom stereocenters. The molecule has 10 heteroatoms. The topological polar surface area (TPSA) is 129 Å². The summed E-state index contributed by atoms with van der Waals surface area (Å²) in [6.45, 7) is 0. The molecule has 10 nitrogen and oxygen atoms in total. The van der Waals surface area contributed by atoms with Gasteiger partial charge < -0.3 is 8.83 Å². The Balaban J connectivity index is 0.000000110. The van der Waals surface area contributed by atoms with Crippen LogP contribution in [0.1, 0.15) is 0 Å². The molecule has 0 bridgehead atoms. The zero-order chi connectivity index (χ0) is 82.0. The maximum absolute atomic E-state index is 6.02. The second-order valence-electron chi connectivity index (χ2n) is 31.3. The first-order valence-electron chi connectivity index (χ1n) is 41.6. The van der Waals surface area contributed by atoms with E-state index in [-0.39, 0.29) is 0 Å². The van der Waals surface area contributed by atoms with E-state index < -0.39 is 0 Å². The third-order valence-electron chi connectivity index (χ3n) is 23.9. The second kappa shape index (κ2) is 30.8. The van der Waals surface area contributed by atoms with Crippen molar-refractivity contribution in [2.75, 3.05) is 0 Å². The Morgan fingerprint density at radius 1 is 0.153 bits per heavy atom. The summed E-state index contributed by atoms with van der Waals surface area (Å²) in [6.07, 6.45) is 3.87. The SMILES string of the molecule is c1ccc(-c2cncc(-c3ccc(-c4cc5cccc6ccc7cccc4c7c65)cc3)c2)cc1.c1ccc(-c2nc(-c3ccccc3)nc(-c3ccc(-c4cc5cccc6ccc7cccc4c7c65)cc3)n2)cc1.c1ccc(-c2nnc(-c3ccc(-c4cc5cccc6c(-c7ccc(-c8nnc(-c9ccccc9)o8)cc7)cc7cccc4c7c56)cc3)o2)cc1. The molecule has 4 heterocycles. The van der Waals surface area contributed by atoms with Crippen LogP contribution in [0.5, 0.6) is 0 Å². The number of hydrogen-bond donors (Lipinski definition) is 0. The average molecular weight is 1580 g/mol. The van der Waals surface area contributed by atoms with E-state index in [0.29, 0.717) is 41.0 Å². The van der Waals surface area contributed by atoms with Crippen molar-refractivity contribution in [2.24, 2.45) is 0 Å². The number of rotatable bonds is 13. The monoisotopic (exact) mass is 1580 g/mol. The summed E-state index contributed by atoms with van der Waals surface area (Å²) in [5.74, 6) is 4.01. The normalized spacial score (nSPS) is 11.5. The molecule has 4 aromatic heterocycles. The lowest BCUT2D eigenvalue weighted by atomic mass is 9.85. The molecule has 0 atom stereocenters. The molecule has 0 fully saturated rings. The van der Waals surface area contributed by atoms with Crippen LogP contribution in [-0.2, 0) is 0 Å². The standard InChI is InChI=1S/C44H26N4O2.C37H23N3.C33H21N/c1-3-9-29(10-4-1)41-45-47-43(49-41)31-21-17-27(18-22-31)37-25-33-13-8-16-36-38(26-34-14-7-15-35(37)39(34)40(33)36)28-19-23-32(24-20-28)44-48-46-42(50-44)30-11-5-2-6-12-30;1-3-9-27(10-4-1)35-38-36(28-11-5-2-6-12-28)40-37(39-35)29-21-17-24(18-22-29)32-23-30-15-7-13-25-19-20-26-14-8-16-31(32)34(26)33(25)30;1-2-6-22(7-3-1)28-18-29(21-34-20-28)23-12-14-24(15-13-23)31-19-27-10-4-8-25-16-17-26-9-5-11-30(31)33(26)32(25)27/h1-26H;1-23H;1-21H. The van der Waals surface area contributed by atoms with Gasteiger partial charge in [-0.05, 0) is 231 Å². The van der Waals surface area contributed by atoms with Gasteiger partial charge in [0.1, 0.15) is 0 Å². The molecule has 25 aromatic rings. The third-order valence-corrected chi connectivity index (χ3v) is 23.9. The van der Waals surface area contributed by atoms with Gasteiger partial charge in [0.15, 0.2) is 17.5 Å². The molecule has 0 amide bonds. The lowest BCUT2D eigenvalue weighted by Crippen LogP contribution is -2.00. The van der Waals surface area contributed by atoms with Crippen LogP contribution in [0.2, 0.25) is 0 Å². The second-order valence-corrected chi connectivity index (χ2v) is 31.3. The molecule has 0 aliphatic heterocycles. The van der Waals surface area contributed by atoms with Crippen LogP contribution in [0.3, 0.4) is 0 Å². The predicted molar refractivity (Wildman–Crippen MR) is 508 cm³/mol. The van der Waals surface area contributed by atoms with Gasteiger partial charge in [-0.2, -0.15) is 0 Å². The van der Waals surface area contributed by atoms with E-state index in [1.807, 2.05) is 140 Å². The highest BCUT2D eigenvalue weighted by atomic mass is 16.4. The van der Waals surface area contributed by atoms with E-state index in [2.05, 4.69) is 310 Å². The molecule has 0 N–H and O–H groups in total. The summed E-state index contributed by atoms with van der Waals surface area (Å²) in [5, 5.41) is 40.2. The Kier molecular flexibility index (Phi) is 18.0. The molecule has 0 aliphatic rings. The van der Waals surface area contributed by atoms with E-state index in [9.17, 15) is 0 Å². The van der Waals surface area contributed by atoms with E-state index in [0.717, 1.165) is 61.2 Å². The Labute approximate surface area is 713 Å². The Morgan fingerprint density at radius 2 is 0.379 bits per heavy atom. The van der Waals surface area contributed by atoms with Crippen LogP contribution in [-0.4, -0.2) is 40.3 Å². The first-order valence-corrected chi connectivity index (χ1v) is 41.6. The summed E-state index contributed by atoms with van der Waals surface area (Å²) < 4.78 is 12.0. The molecule has 25 rings (SSSR count). The maximum atomic E-state index is 6.02. The van der Waals surface area contributed by atoms with Crippen molar-refractivity contribution in [1.82, 2.24) is 40.3 Å². The fourth-order valence-electron chi connectivity index (χ4n) is 18.0. The van der Waals surface area contributed by atoms with Crippen LogP contribution in [0.15, 0.2) is 434 Å². The fourth-order valence-corrected chi connectivity index (χ4v) is 18.0. The van der Waals surface area contributed by atoms with Gasteiger partial charge in [0, 0.05) is 62.5 Å². The van der Waals surface area contributed by atoms with Crippen LogP contribution >= 0.6 is 0 Å². The van der Waals surface area contributed by atoms with Gasteiger partial charge in [-0.25, -0.2) is 15.0 Å². The van der Waals surface area contributed by atoms with Crippen LogP contribution < -0.4 is 0 Å². The molecule has 0 aliphatic carbocycles. The molecule has 124 heavy (non-hydrogen) atoms. The largest absolute Gasteiger partial charge is 0.416 e. The lowest BCUT2D eigenvalue weighted by Gasteiger charge is -2.18. The predicted octanol–water partition coefficient (Wildman–Crippen LogP) is 29.8. The molecule has 0 spiro atoms. The van der Waals surface area contributed by atoms with E-state index >= 15 is 0 Å². The fraction of sp³-hybridized carbons (Fsp3) is 0. The maximum Gasteiger partial charge on any atom is 0.248 e. The minimum atomic E-state index is 0.500. The van der Waals surface area contributed by atoms with Crippen molar-refractivity contribution in [3.05, 3.63) is 425 Å². The summed E-state index contributed by atoms with van der Waals surface area (Å²) in [4.78, 5) is 19.1. The smallest absolute Gasteiger partial charge is 0.248 e. The number of aromatic nitrogens is 8. The van der Waals surface area contributed by atoms with Crippen LogP contribution in [0.25, 0.3) is 244 Å².